The maximum atomic E-state index is 12.1. The standard InChI is InChI=1S/C19H29N3O/c1-21(2)16-12-20-19(23)18-10-14-22(15-11-18)13-6-9-17-7-4-3-5-8-17/h3-9,18H,10-16H2,1-2H3,(H,20,23)/b9-6+. The van der Waals surface area contributed by atoms with Crippen molar-refractivity contribution in [2.75, 3.05) is 46.8 Å². The van der Waals surface area contributed by atoms with E-state index in [0.717, 1.165) is 45.6 Å². The third-order valence-corrected chi connectivity index (χ3v) is 4.29. The summed E-state index contributed by atoms with van der Waals surface area (Å²) in [7, 11) is 4.04. The number of carbonyl (C=O) groups excluding carboxylic acids is 1. The zero-order valence-corrected chi connectivity index (χ0v) is 14.4. The molecule has 4 heteroatoms. The lowest BCUT2D eigenvalue weighted by Gasteiger charge is -2.30. The average Bonchev–Trinajstić information content (AvgIpc) is 2.56. The van der Waals surface area contributed by atoms with Gasteiger partial charge in [-0.05, 0) is 45.6 Å². The summed E-state index contributed by atoms with van der Waals surface area (Å²) in [4.78, 5) is 16.6. The maximum Gasteiger partial charge on any atom is 0.223 e. The Kier molecular flexibility index (Phi) is 7.30. The molecule has 0 aromatic heterocycles. The summed E-state index contributed by atoms with van der Waals surface area (Å²) in [5.41, 5.74) is 1.24. The van der Waals surface area contributed by atoms with Crippen LogP contribution in [0.2, 0.25) is 0 Å². The first-order valence-electron chi connectivity index (χ1n) is 8.51. The van der Waals surface area contributed by atoms with Gasteiger partial charge in [-0.1, -0.05) is 42.5 Å². The van der Waals surface area contributed by atoms with E-state index in [1.165, 1.54) is 5.56 Å². The second-order valence-corrected chi connectivity index (χ2v) is 6.48. The minimum atomic E-state index is 0.187. The largest absolute Gasteiger partial charge is 0.355 e. The molecule has 0 aliphatic carbocycles. The van der Waals surface area contributed by atoms with Gasteiger partial charge in [0.05, 0.1) is 0 Å². The second kappa shape index (κ2) is 9.48. The summed E-state index contributed by atoms with van der Waals surface area (Å²) >= 11 is 0. The fraction of sp³-hybridized carbons (Fsp3) is 0.526. The maximum absolute atomic E-state index is 12.1. The van der Waals surface area contributed by atoms with E-state index in [9.17, 15) is 4.79 Å². The molecule has 1 N–H and O–H groups in total. The predicted molar refractivity (Wildman–Crippen MR) is 96.2 cm³/mol. The molecular weight excluding hydrogens is 286 g/mol. The van der Waals surface area contributed by atoms with Crippen LogP contribution in [-0.4, -0.2) is 62.5 Å². The summed E-state index contributed by atoms with van der Waals surface area (Å²) in [6, 6.07) is 10.4. The number of nitrogens with one attached hydrogen (secondary N) is 1. The number of hydrogen-bond donors (Lipinski definition) is 1. The molecule has 0 radical (unpaired) electrons. The van der Waals surface area contributed by atoms with Gasteiger partial charge in [0, 0.05) is 25.6 Å². The Morgan fingerprint density at radius 3 is 2.61 bits per heavy atom. The van der Waals surface area contributed by atoms with Crippen molar-refractivity contribution in [1.82, 2.24) is 15.1 Å². The molecule has 1 aliphatic heterocycles. The van der Waals surface area contributed by atoms with Crippen LogP contribution >= 0.6 is 0 Å². The van der Waals surface area contributed by atoms with Crippen LogP contribution in [0, 0.1) is 5.92 Å². The van der Waals surface area contributed by atoms with Gasteiger partial charge in [0.1, 0.15) is 0 Å². The lowest BCUT2D eigenvalue weighted by atomic mass is 9.96. The molecule has 1 aromatic carbocycles. The monoisotopic (exact) mass is 315 g/mol. The second-order valence-electron chi connectivity index (χ2n) is 6.48. The van der Waals surface area contributed by atoms with Crippen molar-refractivity contribution in [2.45, 2.75) is 12.8 Å². The highest BCUT2D eigenvalue weighted by atomic mass is 16.1. The molecule has 1 aliphatic rings. The number of rotatable bonds is 7. The smallest absolute Gasteiger partial charge is 0.223 e. The van der Waals surface area contributed by atoms with E-state index in [-0.39, 0.29) is 11.8 Å². The SMILES string of the molecule is CN(C)CCNC(=O)C1CCN(C/C=C/c2ccccc2)CC1. The molecule has 126 valence electrons. The fourth-order valence-electron chi connectivity index (χ4n) is 2.83. The molecule has 1 saturated heterocycles. The van der Waals surface area contributed by atoms with E-state index in [1.807, 2.05) is 20.2 Å². The summed E-state index contributed by atoms with van der Waals surface area (Å²) in [5.74, 6) is 0.415. The normalized spacial score (nSPS) is 17.0. The van der Waals surface area contributed by atoms with Crippen LogP contribution < -0.4 is 5.32 Å². The summed E-state index contributed by atoms with van der Waals surface area (Å²) in [6.07, 6.45) is 6.31. The Hall–Kier alpha value is -1.65. The van der Waals surface area contributed by atoms with Crippen LogP contribution in [0.25, 0.3) is 6.08 Å². The molecule has 1 amide bonds. The Labute approximate surface area is 140 Å². The predicted octanol–water partition coefficient (Wildman–Crippen LogP) is 2.09. The van der Waals surface area contributed by atoms with E-state index >= 15 is 0 Å². The first-order valence-corrected chi connectivity index (χ1v) is 8.51. The van der Waals surface area contributed by atoms with Gasteiger partial charge < -0.3 is 10.2 Å². The lowest BCUT2D eigenvalue weighted by Crippen LogP contribution is -2.42. The molecule has 0 atom stereocenters. The molecule has 0 unspecified atom stereocenters. The fourth-order valence-corrected chi connectivity index (χ4v) is 2.83. The van der Waals surface area contributed by atoms with Gasteiger partial charge in [-0.25, -0.2) is 0 Å². The molecule has 1 aromatic rings. The van der Waals surface area contributed by atoms with Gasteiger partial charge in [0.2, 0.25) is 5.91 Å². The Balaban J connectivity index is 1.65. The van der Waals surface area contributed by atoms with E-state index in [1.54, 1.807) is 0 Å². The Morgan fingerprint density at radius 2 is 1.96 bits per heavy atom. The van der Waals surface area contributed by atoms with Crippen molar-refractivity contribution >= 4 is 12.0 Å². The molecule has 1 fully saturated rings. The number of likely N-dealkylation sites (tertiary alicyclic amines) is 1. The van der Waals surface area contributed by atoms with E-state index in [4.69, 9.17) is 0 Å². The number of carbonyl (C=O) groups is 1. The number of benzene rings is 1. The summed E-state index contributed by atoms with van der Waals surface area (Å²) < 4.78 is 0. The molecule has 1 heterocycles. The molecular formula is C19H29N3O. The molecule has 0 spiro atoms. The number of nitrogens with zero attached hydrogens (tertiary/aromatic N) is 2. The van der Waals surface area contributed by atoms with Crippen molar-refractivity contribution in [1.29, 1.82) is 0 Å². The zero-order chi connectivity index (χ0) is 16.5. The van der Waals surface area contributed by atoms with Crippen molar-refractivity contribution in [3.05, 3.63) is 42.0 Å². The van der Waals surface area contributed by atoms with Crippen molar-refractivity contribution < 1.29 is 4.79 Å². The van der Waals surface area contributed by atoms with E-state index in [0.29, 0.717) is 0 Å². The van der Waals surface area contributed by atoms with Gasteiger partial charge in [0.15, 0.2) is 0 Å². The van der Waals surface area contributed by atoms with Gasteiger partial charge >= 0.3 is 0 Å². The molecule has 0 saturated carbocycles. The molecule has 2 rings (SSSR count). The number of piperidine rings is 1. The van der Waals surface area contributed by atoms with Crippen LogP contribution in [0.4, 0.5) is 0 Å². The first kappa shape index (κ1) is 17.7. The Morgan fingerprint density at radius 1 is 1.26 bits per heavy atom. The average molecular weight is 315 g/mol. The highest BCUT2D eigenvalue weighted by Gasteiger charge is 2.23. The summed E-state index contributed by atoms with van der Waals surface area (Å²) in [5, 5.41) is 3.05. The van der Waals surface area contributed by atoms with Crippen LogP contribution in [0.5, 0.6) is 0 Å². The van der Waals surface area contributed by atoms with E-state index in [2.05, 4.69) is 51.5 Å². The van der Waals surface area contributed by atoms with Gasteiger partial charge in [-0.3, -0.25) is 9.69 Å². The summed E-state index contributed by atoms with van der Waals surface area (Å²) in [6.45, 7) is 4.61. The molecule has 0 bridgehead atoms. The van der Waals surface area contributed by atoms with Gasteiger partial charge in [-0.2, -0.15) is 0 Å². The zero-order valence-electron chi connectivity index (χ0n) is 14.4. The minimum absolute atomic E-state index is 0.187. The number of likely N-dealkylation sites (N-methyl/N-ethyl adjacent to an activating group) is 1. The molecule has 4 nitrogen and oxygen atoms in total. The third kappa shape index (κ3) is 6.55. The van der Waals surface area contributed by atoms with Crippen LogP contribution in [0.15, 0.2) is 36.4 Å². The first-order chi connectivity index (χ1) is 11.1. The third-order valence-electron chi connectivity index (χ3n) is 4.29. The highest BCUT2D eigenvalue weighted by Crippen LogP contribution is 2.17. The van der Waals surface area contributed by atoms with E-state index < -0.39 is 0 Å². The Bertz CT molecular complexity index is 491. The van der Waals surface area contributed by atoms with Crippen LogP contribution in [0.1, 0.15) is 18.4 Å². The van der Waals surface area contributed by atoms with Crippen molar-refractivity contribution in [3.63, 3.8) is 0 Å². The van der Waals surface area contributed by atoms with Crippen molar-refractivity contribution in [3.8, 4) is 0 Å². The van der Waals surface area contributed by atoms with Gasteiger partial charge in [0.25, 0.3) is 0 Å². The number of hydrogen-bond acceptors (Lipinski definition) is 3. The van der Waals surface area contributed by atoms with Crippen molar-refractivity contribution in [2.24, 2.45) is 5.92 Å². The lowest BCUT2D eigenvalue weighted by molar-refractivity contribution is -0.126. The van der Waals surface area contributed by atoms with Gasteiger partial charge in [-0.15, -0.1) is 0 Å². The highest BCUT2D eigenvalue weighted by molar-refractivity contribution is 5.78. The topological polar surface area (TPSA) is 35.6 Å². The van der Waals surface area contributed by atoms with Crippen LogP contribution in [0.3, 0.4) is 0 Å². The number of amides is 1. The molecule has 23 heavy (non-hydrogen) atoms. The quantitative estimate of drug-likeness (QED) is 0.837. The minimum Gasteiger partial charge on any atom is -0.355 e. The van der Waals surface area contributed by atoms with Crippen LogP contribution in [-0.2, 0) is 4.79 Å².